The van der Waals surface area contributed by atoms with E-state index in [1.165, 1.54) is 36.3 Å². The van der Waals surface area contributed by atoms with E-state index in [2.05, 4.69) is 5.32 Å². The van der Waals surface area contributed by atoms with Gasteiger partial charge in [0.15, 0.2) is 0 Å². The van der Waals surface area contributed by atoms with E-state index in [0.29, 0.717) is 22.9 Å². The molecular weight excluding hydrogens is 527 g/mol. The number of pyridine rings is 1. The Balaban J connectivity index is 1.67. The van der Waals surface area contributed by atoms with Gasteiger partial charge in [-0.25, -0.2) is 0 Å². The number of hydrogen-bond donors (Lipinski definition) is 2. The molecule has 1 saturated heterocycles. The number of para-hydroxylation sites is 1. The Kier molecular flexibility index (Phi) is 7.71. The minimum Gasteiger partial charge on any atom is -0.336 e. The number of benzene rings is 1. The van der Waals surface area contributed by atoms with E-state index >= 15 is 0 Å². The first-order valence-electron chi connectivity index (χ1n) is 13.1. The Hall–Kier alpha value is -3.88. The van der Waals surface area contributed by atoms with Gasteiger partial charge in [-0.1, -0.05) is 45.4 Å². The predicted octanol–water partition coefficient (Wildman–Crippen LogP) is 2.94. The SMILES string of the molecule is Cn1c(=O)cc(C(C#N)NC(=O)[C@@H]2[C@H]3CCC[C@H]3CN2C(=O)C(NC(=O)C(F)(F)F)C(C)(C)C)c2ccccc21. The molecule has 40 heavy (non-hydrogen) atoms. The van der Waals surface area contributed by atoms with Crippen molar-refractivity contribution >= 4 is 28.6 Å². The van der Waals surface area contributed by atoms with E-state index < -0.39 is 47.4 Å². The van der Waals surface area contributed by atoms with Crippen LogP contribution in [0.25, 0.3) is 10.9 Å². The lowest BCUT2D eigenvalue weighted by Crippen LogP contribution is -2.60. The van der Waals surface area contributed by atoms with Crippen LogP contribution in [0.1, 0.15) is 51.6 Å². The van der Waals surface area contributed by atoms with Gasteiger partial charge in [0.25, 0.3) is 5.56 Å². The third-order valence-corrected chi connectivity index (χ3v) is 8.00. The number of alkyl halides is 3. The average Bonchev–Trinajstić information content (AvgIpc) is 3.47. The highest BCUT2D eigenvalue weighted by molar-refractivity contribution is 5.95. The molecule has 2 N–H and O–H groups in total. The van der Waals surface area contributed by atoms with Gasteiger partial charge in [0.1, 0.15) is 18.1 Å². The van der Waals surface area contributed by atoms with Gasteiger partial charge in [-0.05, 0) is 36.2 Å². The zero-order valence-corrected chi connectivity index (χ0v) is 22.7. The Morgan fingerprint density at radius 2 is 1.77 bits per heavy atom. The number of aryl methyl sites for hydroxylation is 1. The predicted molar refractivity (Wildman–Crippen MR) is 139 cm³/mol. The molecule has 1 saturated carbocycles. The molecule has 2 aliphatic rings. The summed E-state index contributed by atoms with van der Waals surface area (Å²) >= 11 is 0. The molecule has 3 amide bonds. The number of nitrogens with one attached hydrogen (secondary N) is 2. The fourth-order valence-corrected chi connectivity index (χ4v) is 5.98. The molecule has 0 bridgehead atoms. The molecule has 2 aromatic rings. The van der Waals surface area contributed by atoms with Gasteiger partial charge in [0.2, 0.25) is 11.8 Å². The van der Waals surface area contributed by atoms with Crippen LogP contribution in [0.15, 0.2) is 35.1 Å². The number of carbonyl (C=O) groups is 3. The first-order valence-corrected chi connectivity index (χ1v) is 13.1. The standard InChI is InChI=1S/C28H32F3N5O4/c1-27(2,3)23(34-26(40)28(29,30)31)25(39)36-14-15-8-7-10-16(15)22(36)24(38)33-19(13-32)18-12-21(37)35(4)20-11-6-5-9-17(18)20/h5-6,9,11-12,15-16,19,22-23H,7-8,10,14H2,1-4H3,(H,33,38)(H,34,40)/t15-,16-,19?,22-,23?/m0/s1. The molecule has 9 nitrogen and oxygen atoms in total. The Morgan fingerprint density at radius 3 is 2.40 bits per heavy atom. The highest BCUT2D eigenvalue weighted by Crippen LogP contribution is 2.43. The summed E-state index contributed by atoms with van der Waals surface area (Å²) in [5.41, 5.74) is -0.584. The highest BCUT2D eigenvalue weighted by Gasteiger charge is 2.53. The van der Waals surface area contributed by atoms with Crippen molar-refractivity contribution in [2.75, 3.05) is 6.54 Å². The van der Waals surface area contributed by atoms with Gasteiger partial charge in [0.05, 0.1) is 11.6 Å². The molecule has 2 unspecified atom stereocenters. The second-order valence-corrected chi connectivity index (χ2v) is 11.6. The number of aromatic nitrogens is 1. The second-order valence-electron chi connectivity index (χ2n) is 11.6. The van der Waals surface area contributed by atoms with Crippen LogP contribution in [0.3, 0.4) is 0 Å². The molecule has 5 atom stereocenters. The fourth-order valence-electron chi connectivity index (χ4n) is 5.98. The van der Waals surface area contributed by atoms with Crippen molar-refractivity contribution in [1.82, 2.24) is 20.1 Å². The Morgan fingerprint density at radius 1 is 1.10 bits per heavy atom. The van der Waals surface area contributed by atoms with Gasteiger partial charge in [-0.2, -0.15) is 18.4 Å². The van der Waals surface area contributed by atoms with Gasteiger partial charge in [0, 0.05) is 30.6 Å². The van der Waals surface area contributed by atoms with Crippen molar-refractivity contribution in [3.05, 3.63) is 46.2 Å². The summed E-state index contributed by atoms with van der Waals surface area (Å²) in [6.45, 7) is 4.75. The maximum atomic E-state index is 13.8. The number of amides is 3. The number of likely N-dealkylation sites (tertiary alicyclic amines) is 1. The lowest BCUT2D eigenvalue weighted by Gasteiger charge is -2.36. The number of nitriles is 1. The van der Waals surface area contributed by atoms with E-state index in [-0.39, 0.29) is 23.9 Å². The zero-order chi connectivity index (χ0) is 29.6. The van der Waals surface area contributed by atoms with Crippen LogP contribution in [0.2, 0.25) is 0 Å². The van der Waals surface area contributed by atoms with Gasteiger partial charge in [-0.15, -0.1) is 0 Å². The summed E-state index contributed by atoms with van der Waals surface area (Å²) in [6.07, 6.45) is -2.98. The Bertz CT molecular complexity index is 1440. The Labute approximate surface area is 229 Å². The molecular formula is C28H32F3N5O4. The van der Waals surface area contributed by atoms with Crippen molar-refractivity contribution in [2.45, 2.75) is 64.3 Å². The molecule has 12 heteroatoms. The fraction of sp³-hybridized carbons (Fsp3) is 0.536. The van der Waals surface area contributed by atoms with Crippen LogP contribution >= 0.6 is 0 Å². The molecule has 0 radical (unpaired) electrons. The van der Waals surface area contributed by atoms with E-state index in [1.54, 1.807) is 31.3 Å². The highest BCUT2D eigenvalue weighted by atomic mass is 19.4. The second kappa shape index (κ2) is 10.6. The summed E-state index contributed by atoms with van der Waals surface area (Å²) in [5, 5.41) is 15.1. The largest absolute Gasteiger partial charge is 0.471 e. The third kappa shape index (κ3) is 5.42. The number of nitrogens with zero attached hydrogens (tertiary/aromatic N) is 3. The van der Waals surface area contributed by atoms with E-state index in [1.807, 2.05) is 11.4 Å². The summed E-state index contributed by atoms with van der Waals surface area (Å²) in [5.74, 6) is -3.93. The molecule has 0 spiro atoms. The van der Waals surface area contributed by atoms with Crippen LogP contribution in [-0.4, -0.2) is 52.0 Å². The molecule has 2 fully saturated rings. The van der Waals surface area contributed by atoms with Crippen LogP contribution in [0, 0.1) is 28.6 Å². The number of carbonyl (C=O) groups excluding carboxylic acids is 3. The normalized spacial score (nSPS) is 22.4. The minimum absolute atomic E-state index is 0.0379. The van der Waals surface area contributed by atoms with Crippen LogP contribution in [0.4, 0.5) is 13.2 Å². The van der Waals surface area contributed by atoms with Crippen molar-refractivity contribution in [2.24, 2.45) is 24.3 Å². The van der Waals surface area contributed by atoms with Crippen LogP contribution < -0.4 is 16.2 Å². The van der Waals surface area contributed by atoms with Gasteiger partial charge < -0.3 is 20.1 Å². The third-order valence-electron chi connectivity index (χ3n) is 8.00. The lowest BCUT2D eigenvalue weighted by molar-refractivity contribution is -0.176. The molecule has 1 aromatic carbocycles. The summed E-state index contributed by atoms with van der Waals surface area (Å²) in [7, 11) is 1.60. The van der Waals surface area contributed by atoms with E-state index in [0.717, 1.165) is 12.8 Å². The topological polar surface area (TPSA) is 124 Å². The maximum absolute atomic E-state index is 13.8. The van der Waals surface area contributed by atoms with Crippen LogP contribution in [-0.2, 0) is 21.4 Å². The minimum atomic E-state index is -5.18. The van der Waals surface area contributed by atoms with Gasteiger partial charge >= 0.3 is 12.1 Å². The lowest BCUT2D eigenvalue weighted by atomic mass is 9.85. The smallest absolute Gasteiger partial charge is 0.336 e. The number of rotatable bonds is 5. The summed E-state index contributed by atoms with van der Waals surface area (Å²) in [6, 6.07) is 6.48. The van der Waals surface area contributed by atoms with Crippen molar-refractivity contribution < 1.29 is 27.6 Å². The summed E-state index contributed by atoms with van der Waals surface area (Å²) in [4.78, 5) is 53.2. The number of hydrogen-bond acceptors (Lipinski definition) is 5. The van der Waals surface area contributed by atoms with Crippen molar-refractivity contribution in [3.63, 3.8) is 0 Å². The van der Waals surface area contributed by atoms with E-state index in [4.69, 9.17) is 0 Å². The number of halogens is 3. The van der Waals surface area contributed by atoms with Crippen LogP contribution in [0.5, 0.6) is 0 Å². The van der Waals surface area contributed by atoms with Crippen molar-refractivity contribution in [1.29, 1.82) is 5.26 Å². The average molecular weight is 560 g/mol. The molecule has 4 rings (SSSR count). The zero-order valence-electron chi connectivity index (χ0n) is 22.7. The molecule has 1 aromatic heterocycles. The molecule has 214 valence electrons. The number of fused-ring (bicyclic) bond motifs is 2. The van der Waals surface area contributed by atoms with Crippen molar-refractivity contribution in [3.8, 4) is 6.07 Å². The van der Waals surface area contributed by atoms with Gasteiger partial charge in [-0.3, -0.25) is 19.2 Å². The maximum Gasteiger partial charge on any atom is 0.471 e. The van der Waals surface area contributed by atoms with E-state index in [9.17, 15) is 37.6 Å². The monoisotopic (exact) mass is 559 g/mol. The molecule has 2 heterocycles. The quantitative estimate of drug-likeness (QED) is 0.583. The first-order chi connectivity index (χ1) is 18.6. The molecule has 1 aliphatic carbocycles. The first kappa shape index (κ1) is 29.1. The molecule has 1 aliphatic heterocycles. The summed E-state index contributed by atoms with van der Waals surface area (Å²) < 4.78 is 40.7.